The Morgan fingerprint density at radius 2 is 2.08 bits per heavy atom. The molecular weight excluding hydrogens is 327 g/mol. The molecule has 1 atom stereocenters. The summed E-state index contributed by atoms with van der Waals surface area (Å²) in [5.41, 5.74) is -0.774. The van der Waals surface area contributed by atoms with E-state index in [9.17, 15) is 19.1 Å². The summed E-state index contributed by atoms with van der Waals surface area (Å²) in [6, 6.07) is 4.30. The summed E-state index contributed by atoms with van der Waals surface area (Å²) in [5.74, 6) is -2.12. The summed E-state index contributed by atoms with van der Waals surface area (Å²) >= 11 is 0. The van der Waals surface area contributed by atoms with Crippen LogP contribution >= 0.6 is 0 Å². The first-order valence-corrected chi connectivity index (χ1v) is 8.65. The number of nitrogens with zero attached hydrogens (tertiary/aromatic N) is 2. The molecule has 0 aliphatic carbocycles. The predicted molar refractivity (Wildman–Crippen MR) is 88.6 cm³/mol. The zero-order valence-corrected chi connectivity index (χ0v) is 14.3. The molecular formula is C18H23FN2O4. The van der Waals surface area contributed by atoms with Crippen molar-refractivity contribution in [2.75, 3.05) is 26.2 Å². The van der Waals surface area contributed by atoms with E-state index in [1.54, 1.807) is 0 Å². The SMILES string of the molecule is CCCN1CCC2(CC1)OC[C@@H](C(=O)O)N2C(=O)c1cccc(F)c1. The number of aliphatic carboxylic acids is 1. The van der Waals surface area contributed by atoms with E-state index < -0.39 is 29.5 Å². The highest BCUT2D eigenvalue weighted by Gasteiger charge is 2.53. The van der Waals surface area contributed by atoms with E-state index in [1.165, 1.54) is 23.1 Å². The molecule has 7 heteroatoms. The van der Waals surface area contributed by atoms with Gasteiger partial charge in [0.1, 0.15) is 11.5 Å². The maximum absolute atomic E-state index is 13.5. The summed E-state index contributed by atoms with van der Waals surface area (Å²) in [6.45, 7) is 4.53. The number of piperidine rings is 1. The molecule has 2 saturated heterocycles. The van der Waals surface area contributed by atoms with Crippen LogP contribution in [-0.2, 0) is 9.53 Å². The molecule has 1 N–H and O–H groups in total. The fourth-order valence-electron chi connectivity index (χ4n) is 3.76. The van der Waals surface area contributed by atoms with E-state index in [1.807, 2.05) is 0 Å². The molecule has 3 rings (SSSR count). The largest absolute Gasteiger partial charge is 0.480 e. The topological polar surface area (TPSA) is 70.1 Å². The van der Waals surface area contributed by atoms with E-state index in [2.05, 4.69) is 11.8 Å². The van der Waals surface area contributed by atoms with Crippen molar-refractivity contribution >= 4 is 11.9 Å². The minimum atomic E-state index is -1.10. The van der Waals surface area contributed by atoms with Gasteiger partial charge in [-0.15, -0.1) is 0 Å². The van der Waals surface area contributed by atoms with Crippen LogP contribution in [0.5, 0.6) is 0 Å². The minimum Gasteiger partial charge on any atom is -0.480 e. The highest BCUT2D eigenvalue weighted by molar-refractivity contribution is 5.97. The molecule has 0 unspecified atom stereocenters. The van der Waals surface area contributed by atoms with Crippen LogP contribution in [0.15, 0.2) is 24.3 Å². The fraction of sp³-hybridized carbons (Fsp3) is 0.556. The summed E-state index contributed by atoms with van der Waals surface area (Å²) in [4.78, 5) is 28.3. The van der Waals surface area contributed by atoms with Gasteiger partial charge in [-0.1, -0.05) is 13.0 Å². The summed E-state index contributed by atoms with van der Waals surface area (Å²) < 4.78 is 19.4. The van der Waals surface area contributed by atoms with Crippen LogP contribution < -0.4 is 0 Å². The van der Waals surface area contributed by atoms with Crippen molar-refractivity contribution in [1.29, 1.82) is 0 Å². The molecule has 0 saturated carbocycles. The maximum Gasteiger partial charge on any atom is 0.328 e. The van der Waals surface area contributed by atoms with Crippen LogP contribution in [0.3, 0.4) is 0 Å². The highest BCUT2D eigenvalue weighted by atomic mass is 19.1. The molecule has 25 heavy (non-hydrogen) atoms. The van der Waals surface area contributed by atoms with Gasteiger partial charge in [-0.05, 0) is 31.2 Å². The van der Waals surface area contributed by atoms with Crippen LogP contribution in [0.25, 0.3) is 0 Å². The van der Waals surface area contributed by atoms with E-state index in [4.69, 9.17) is 4.74 Å². The van der Waals surface area contributed by atoms with Crippen molar-refractivity contribution < 1.29 is 23.8 Å². The third kappa shape index (κ3) is 3.39. The lowest BCUT2D eigenvalue weighted by Crippen LogP contribution is -2.58. The lowest BCUT2D eigenvalue weighted by atomic mass is 9.96. The second-order valence-corrected chi connectivity index (χ2v) is 6.64. The van der Waals surface area contributed by atoms with Crippen molar-refractivity contribution in [2.45, 2.75) is 38.0 Å². The van der Waals surface area contributed by atoms with Crippen LogP contribution in [0.4, 0.5) is 4.39 Å². The van der Waals surface area contributed by atoms with E-state index in [0.717, 1.165) is 32.1 Å². The van der Waals surface area contributed by atoms with Gasteiger partial charge >= 0.3 is 5.97 Å². The first-order valence-electron chi connectivity index (χ1n) is 8.65. The second kappa shape index (κ2) is 7.09. The Morgan fingerprint density at radius 3 is 2.68 bits per heavy atom. The van der Waals surface area contributed by atoms with Crippen LogP contribution in [0.2, 0.25) is 0 Å². The Hall–Kier alpha value is -1.99. The number of carbonyl (C=O) groups excluding carboxylic acids is 1. The van der Waals surface area contributed by atoms with Gasteiger partial charge < -0.3 is 14.7 Å². The Bertz CT molecular complexity index is 658. The molecule has 0 bridgehead atoms. The van der Waals surface area contributed by atoms with Crippen molar-refractivity contribution in [3.05, 3.63) is 35.6 Å². The van der Waals surface area contributed by atoms with Gasteiger partial charge in [-0.25, -0.2) is 9.18 Å². The van der Waals surface area contributed by atoms with Gasteiger partial charge in [0.05, 0.1) is 6.61 Å². The Kier molecular flexibility index (Phi) is 5.06. The molecule has 1 aromatic carbocycles. The van der Waals surface area contributed by atoms with Gasteiger partial charge in [0.15, 0.2) is 6.04 Å². The molecule has 1 spiro atoms. The number of carbonyl (C=O) groups is 2. The average Bonchev–Trinajstić information content (AvgIpc) is 2.96. The third-order valence-corrected chi connectivity index (χ3v) is 5.01. The van der Waals surface area contributed by atoms with Crippen molar-refractivity contribution in [3.63, 3.8) is 0 Å². The summed E-state index contributed by atoms with van der Waals surface area (Å²) in [7, 11) is 0. The van der Waals surface area contributed by atoms with E-state index in [0.29, 0.717) is 12.8 Å². The highest BCUT2D eigenvalue weighted by Crippen LogP contribution is 2.38. The molecule has 1 amide bonds. The number of benzene rings is 1. The monoisotopic (exact) mass is 350 g/mol. The Morgan fingerprint density at radius 1 is 1.36 bits per heavy atom. The quantitative estimate of drug-likeness (QED) is 0.899. The first kappa shape index (κ1) is 17.8. The Balaban J connectivity index is 1.88. The van der Waals surface area contributed by atoms with Crippen LogP contribution in [0, 0.1) is 5.82 Å². The minimum absolute atomic E-state index is 0.0375. The Labute approximate surface area is 146 Å². The molecule has 1 aromatic rings. The lowest BCUT2D eigenvalue weighted by molar-refractivity contribution is -0.143. The number of amides is 1. The van der Waals surface area contributed by atoms with Crippen LogP contribution in [-0.4, -0.2) is 64.8 Å². The molecule has 2 heterocycles. The lowest BCUT2D eigenvalue weighted by Gasteiger charge is -2.44. The normalized spacial score (nSPS) is 23.1. The zero-order chi connectivity index (χ0) is 18.0. The average molecular weight is 350 g/mol. The first-order chi connectivity index (χ1) is 12.0. The molecule has 0 aromatic heterocycles. The number of hydrogen-bond donors (Lipinski definition) is 1. The number of rotatable bonds is 4. The number of carboxylic acid groups (broad SMARTS) is 1. The number of likely N-dealkylation sites (tertiary alicyclic amines) is 1. The van der Waals surface area contributed by atoms with Gasteiger partial charge in [-0.2, -0.15) is 0 Å². The number of halogens is 1. The molecule has 136 valence electrons. The molecule has 2 aliphatic heterocycles. The molecule has 0 radical (unpaired) electrons. The maximum atomic E-state index is 13.5. The van der Waals surface area contributed by atoms with Crippen molar-refractivity contribution in [3.8, 4) is 0 Å². The molecule has 6 nitrogen and oxygen atoms in total. The third-order valence-electron chi connectivity index (χ3n) is 5.01. The zero-order valence-electron chi connectivity index (χ0n) is 14.3. The van der Waals surface area contributed by atoms with Crippen LogP contribution in [0.1, 0.15) is 36.5 Å². The smallest absolute Gasteiger partial charge is 0.328 e. The van der Waals surface area contributed by atoms with Crippen molar-refractivity contribution in [1.82, 2.24) is 9.80 Å². The number of ether oxygens (including phenoxy) is 1. The van der Waals surface area contributed by atoms with Gasteiger partial charge in [0.25, 0.3) is 5.91 Å². The van der Waals surface area contributed by atoms with Gasteiger partial charge in [-0.3, -0.25) is 9.69 Å². The number of carboxylic acids is 1. The summed E-state index contributed by atoms with van der Waals surface area (Å²) in [6.07, 6.45) is 2.15. The standard InChI is InChI=1S/C18H23FN2O4/c1-2-8-20-9-6-18(7-10-20)21(15(12-25-18)17(23)24)16(22)13-4-3-5-14(19)11-13/h3-5,11,15H,2,6-10,12H2,1H3,(H,23,24)/t15-/m0/s1. The predicted octanol–water partition coefficient (Wildman–Crippen LogP) is 1.95. The summed E-state index contributed by atoms with van der Waals surface area (Å²) in [5, 5.41) is 9.53. The van der Waals surface area contributed by atoms with E-state index in [-0.39, 0.29) is 12.2 Å². The van der Waals surface area contributed by atoms with Gasteiger partial charge in [0.2, 0.25) is 0 Å². The fourth-order valence-corrected chi connectivity index (χ4v) is 3.76. The van der Waals surface area contributed by atoms with Gasteiger partial charge in [0, 0.05) is 31.5 Å². The molecule has 2 fully saturated rings. The van der Waals surface area contributed by atoms with E-state index >= 15 is 0 Å². The number of hydrogen-bond acceptors (Lipinski definition) is 4. The second-order valence-electron chi connectivity index (χ2n) is 6.64. The molecule has 2 aliphatic rings. The van der Waals surface area contributed by atoms with Crippen molar-refractivity contribution in [2.24, 2.45) is 0 Å².